The number of nitrogens with zero attached hydrogens (tertiary/aromatic N) is 3. The molecule has 0 saturated carbocycles. The molecule has 0 saturated heterocycles. The summed E-state index contributed by atoms with van der Waals surface area (Å²) in [6.07, 6.45) is 6.85. The predicted octanol–water partition coefficient (Wildman–Crippen LogP) is 2.59. The molecule has 1 unspecified atom stereocenters. The van der Waals surface area contributed by atoms with Crippen LogP contribution < -0.4 is 5.32 Å². The highest BCUT2D eigenvalue weighted by Gasteiger charge is 2.18. The smallest absolute Gasteiger partial charge is 0.133 e. The lowest BCUT2D eigenvalue weighted by Gasteiger charge is -2.14. The third-order valence-corrected chi connectivity index (χ3v) is 4.01. The fourth-order valence-electron chi connectivity index (χ4n) is 2.20. The van der Waals surface area contributed by atoms with Crippen LogP contribution in [0.25, 0.3) is 0 Å². The van der Waals surface area contributed by atoms with Crippen LogP contribution in [0, 0.1) is 0 Å². The predicted molar refractivity (Wildman–Crippen MR) is 68.2 cm³/mol. The van der Waals surface area contributed by atoms with E-state index >= 15 is 0 Å². The molecule has 1 aliphatic carbocycles. The molecule has 17 heavy (non-hydrogen) atoms. The molecule has 0 radical (unpaired) electrons. The molecule has 4 nitrogen and oxygen atoms in total. The molecular formula is C12H14N4S. The largest absolute Gasteiger partial charge is 0.361 e. The summed E-state index contributed by atoms with van der Waals surface area (Å²) >= 11 is 1.67. The summed E-state index contributed by atoms with van der Waals surface area (Å²) in [6.45, 7) is 2.11. The Bertz CT molecular complexity index is 509. The lowest BCUT2D eigenvalue weighted by Crippen LogP contribution is -2.10. The van der Waals surface area contributed by atoms with Gasteiger partial charge in [0.1, 0.15) is 17.2 Å². The SMILES string of the molecule is CC(Nc1ncnc2c1CCC2)c1nccs1. The van der Waals surface area contributed by atoms with Crippen molar-refractivity contribution in [2.45, 2.75) is 32.2 Å². The average Bonchev–Trinajstić information content (AvgIpc) is 3.00. The van der Waals surface area contributed by atoms with Crippen molar-refractivity contribution in [3.63, 3.8) is 0 Å². The Morgan fingerprint density at radius 2 is 2.24 bits per heavy atom. The summed E-state index contributed by atoms with van der Waals surface area (Å²) in [5, 5.41) is 6.53. The van der Waals surface area contributed by atoms with Crippen LogP contribution >= 0.6 is 11.3 Å². The fraction of sp³-hybridized carbons (Fsp3) is 0.417. The van der Waals surface area contributed by atoms with Crippen LogP contribution in [0.4, 0.5) is 5.82 Å². The minimum atomic E-state index is 0.203. The number of rotatable bonds is 3. The molecule has 0 aliphatic heterocycles. The first kappa shape index (κ1) is 10.7. The number of hydrogen-bond acceptors (Lipinski definition) is 5. The Labute approximate surface area is 104 Å². The normalized spacial score (nSPS) is 15.6. The lowest BCUT2D eigenvalue weighted by atomic mass is 10.2. The van der Waals surface area contributed by atoms with Crippen molar-refractivity contribution in [1.82, 2.24) is 15.0 Å². The second kappa shape index (κ2) is 4.41. The fourth-order valence-corrected chi connectivity index (χ4v) is 2.84. The topological polar surface area (TPSA) is 50.7 Å². The van der Waals surface area contributed by atoms with E-state index in [9.17, 15) is 0 Å². The van der Waals surface area contributed by atoms with E-state index < -0.39 is 0 Å². The van der Waals surface area contributed by atoms with E-state index in [1.807, 2.05) is 11.6 Å². The zero-order valence-corrected chi connectivity index (χ0v) is 10.5. The molecule has 1 atom stereocenters. The first-order chi connectivity index (χ1) is 8.34. The van der Waals surface area contributed by atoms with Crippen molar-refractivity contribution in [2.24, 2.45) is 0 Å². The van der Waals surface area contributed by atoms with Gasteiger partial charge in [-0.3, -0.25) is 0 Å². The third kappa shape index (κ3) is 2.02. The van der Waals surface area contributed by atoms with Gasteiger partial charge >= 0.3 is 0 Å². The molecule has 0 fully saturated rings. The zero-order chi connectivity index (χ0) is 11.7. The van der Waals surface area contributed by atoms with E-state index in [1.54, 1.807) is 17.7 Å². The quantitative estimate of drug-likeness (QED) is 0.904. The molecule has 5 heteroatoms. The summed E-state index contributed by atoms with van der Waals surface area (Å²) < 4.78 is 0. The van der Waals surface area contributed by atoms with Crippen molar-refractivity contribution >= 4 is 17.2 Å². The van der Waals surface area contributed by atoms with Crippen molar-refractivity contribution in [1.29, 1.82) is 0 Å². The molecule has 0 bridgehead atoms. The van der Waals surface area contributed by atoms with Crippen LogP contribution in [0.3, 0.4) is 0 Å². The second-order valence-corrected chi connectivity index (χ2v) is 5.16. The van der Waals surface area contributed by atoms with E-state index in [2.05, 4.69) is 27.2 Å². The van der Waals surface area contributed by atoms with Gasteiger partial charge in [-0.25, -0.2) is 15.0 Å². The Hall–Kier alpha value is -1.49. The molecule has 2 aromatic heterocycles. The van der Waals surface area contributed by atoms with Crippen LogP contribution in [0.15, 0.2) is 17.9 Å². The lowest BCUT2D eigenvalue weighted by molar-refractivity contribution is 0.851. The van der Waals surface area contributed by atoms with Crippen LogP contribution in [-0.4, -0.2) is 15.0 Å². The molecule has 0 amide bonds. The van der Waals surface area contributed by atoms with Crippen molar-refractivity contribution < 1.29 is 0 Å². The highest BCUT2D eigenvalue weighted by atomic mass is 32.1. The molecule has 2 aromatic rings. The summed E-state index contributed by atoms with van der Waals surface area (Å²) in [7, 11) is 0. The van der Waals surface area contributed by atoms with Gasteiger partial charge in [0.25, 0.3) is 0 Å². The van der Waals surface area contributed by atoms with E-state index in [4.69, 9.17) is 0 Å². The summed E-state index contributed by atoms with van der Waals surface area (Å²) in [6, 6.07) is 0.203. The van der Waals surface area contributed by atoms with Crippen LogP contribution in [0.5, 0.6) is 0 Å². The van der Waals surface area contributed by atoms with Gasteiger partial charge in [0, 0.05) is 22.8 Å². The highest BCUT2D eigenvalue weighted by Crippen LogP contribution is 2.28. The highest BCUT2D eigenvalue weighted by molar-refractivity contribution is 7.09. The molecule has 88 valence electrons. The first-order valence-corrected chi connectivity index (χ1v) is 6.71. The zero-order valence-electron chi connectivity index (χ0n) is 9.68. The number of thiazole rings is 1. The van der Waals surface area contributed by atoms with E-state index in [1.165, 1.54) is 17.7 Å². The van der Waals surface area contributed by atoms with Crippen molar-refractivity contribution in [3.8, 4) is 0 Å². The molecule has 3 rings (SSSR count). The minimum absolute atomic E-state index is 0.203. The maximum atomic E-state index is 4.35. The molecule has 1 aliphatic rings. The number of aryl methyl sites for hydroxylation is 1. The third-order valence-electron chi connectivity index (χ3n) is 3.05. The maximum absolute atomic E-state index is 4.35. The van der Waals surface area contributed by atoms with Gasteiger partial charge in [-0.15, -0.1) is 11.3 Å². The van der Waals surface area contributed by atoms with Gasteiger partial charge < -0.3 is 5.32 Å². The summed E-state index contributed by atoms with van der Waals surface area (Å²) in [5.74, 6) is 0.982. The van der Waals surface area contributed by atoms with Crippen LogP contribution in [0.2, 0.25) is 0 Å². The number of nitrogens with one attached hydrogen (secondary N) is 1. The monoisotopic (exact) mass is 246 g/mol. The van der Waals surface area contributed by atoms with Gasteiger partial charge in [0.2, 0.25) is 0 Å². The van der Waals surface area contributed by atoms with Gasteiger partial charge in [-0.1, -0.05) is 0 Å². The standard InChI is InChI=1S/C12H14N4S/c1-8(12-13-5-6-17-12)16-11-9-3-2-4-10(9)14-7-15-11/h5-8H,2-4H2,1H3,(H,14,15,16). The first-order valence-electron chi connectivity index (χ1n) is 5.83. The molecule has 2 heterocycles. The Morgan fingerprint density at radius 1 is 1.29 bits per heavy atom. The van der Waals surface area contributed by atoms with Gasteiger partial charge in [-0.05, 0) is 26.2 Å². The van der Waals surface area contributed by atoms with E-state index in [0.717, 1.165) is 23.7 Å². The maximum Gasteiger partial charge on any atom is 0.133 e. The average molecular weight is 246 g/mol. The van der Waals surface area contributed by atoms with Crippen molar-refractivity contribution in [2.75, 3.05) is 5.32 Å². The summed E-state index contributed by atoms with van der Waals surface area (Å²) in [5.41, 5.74) is 2.49. The molecule has 1 N–H and O–H groups in total. The number of hydrogen-bond donors (Lipinski definition) is 1. The molecule has 0 aromatic carbocycles. The number of fused-ring (bicyclic) bond motifs is 1. The Morgan fingerprint density at radius 3 is 3.06 bits per heavy atom. The van der Waals surface area contributed by atoms with Gasteiger partial charge in [-0.2, -0.15) is 0 Å². The Balaban J connectivity index is 1.84. The molecular weight excluding hydrogens is 232 g/mol. The number of aromatic nitrogens is 3. The van der Waals surface area contributed by atoms with E-state index in [0.29, 0.717) is 0 Å². The van der Waals surface area contributed by atoms with Crippen molar-refractivity contribution in [3.05, 3.63) is 34.2 Å². The molecule has 0 spiro atoms. The second-order valence-electron chi connectivity index (χ2n) is 4.24. The minimum Gasteiger partial charge on any atom is -0.361 e. The van der Waals surface area contributed by atoms with Crippen LogP contribution in [0.1, 0.15) is 35.7 Å². The van der Waals surface area contributed by atoms with E-state index in [-0.39, 0.29) is 6.04 Å². The van der Waals surface area contributed by atoms with Gasteiger partial charge in [0.15, 0.2) is 0 Å². The number of anilines is 1. The summed E-state index contributed by atoms with van der Waals surface area (Å²) in [4.78, 5) is 13.0. The Kier molecular flexibility index (Phi) is 2.76. The van der Waals surface area contributed by atoms with Crippen LogP contribution in [-0.2, 0) is 12.8 Å². The van der Waals surface area contributed by atoms with Gasteiger partial charge in [0.05, 0.1) is 6.04 Å².